The smallest absolute Gasteiger partial charge is 0.348 e. The topological polar surface area (TPSA) is 73.6 Å². The minimum absolute atomic E-state index is 0.0422. The van der Waals surface area contributed by atoms with E-state index in [1.165, 1.54) is 6.08 Å². The number of hydrogen-bond acceptors (Lipinski definition) is 5. The van der Waals surface area contributed by atoms with E-state index in [1.54, 1.807) is 23.2 Å². The van der Waals surface area contributed by atoms with Crippen LogP contribution in [0.25, 0.3) is 0 Å². The molecular formula is C11H16N2O3. The van der Waals surface area contributed by atoms with Crippen molar-refractivity contribution >= 4 is 5.97 Å². The number of carbonyl (C=O) groups excluding carboxylic acids is 1. The Morgan fingerprint density at radius 2 is 2.25 bits per heavy atom. The maximum atomic E-state index is 11.3. The standard InChI is InChI=1S/C11H16N2O3/c1-13(2)6-3-5-10(9-12)11(15)16-8-4-7-14/h3,5-6,14H,4,7-8H2,1-2H3/b6-3+,10-5-. The highest BCUT2D eigenvalue weighted by Gasteiger charge is 2.08. The van der Waals surface area contributed by atoms with E-state index in [4.69, 9.17) is 15.1 Å². The predicted molar refractivity (Wildman–Crippen MR) is 59.2 cm³/mol. The van der Waals surface area contributed by atoms with Crippen molar-refractivity contribution in [1.82, 2.24) is 4.90 Å². The number of allylic oxidation sites excluding steroid dienone is 2. The number of aliphatic hydroxyl groups excluding tert-OH is 1. The van der Waals surface area contributed by atoms with Gasteiger partial charge in [0.05, 0.1) is 6.61 Å². The summed E-state index contributed by atoms with van der Waals surface area (Å²) in [5.74, 6) is -0.667. The highest BCUT2D eigenvalue weighted by molar-refractivity contribution is 5.93. The van der Waals surface area contributed by atoms with Crippen LogP contribution in [0.3, 0.4) is 0 Å². The van der Waals surface area contributed by atoms with Crippen LogP contribution in [0, 0.1) is 11.3 Å². The van der Waals surface area contributed by atoms with Crippen LogP contribution in [0.5, 0.6) is 0 Å². The fraction of sp³-hybridized carbons (Fsp3) is 0.455. The third-order valence-electron chi connectivity index (χ3n) is 1.52. The predicted octanol–water partition coefficient (Wildman–Crippen LogP) is 0.437. The van der Waals surface area contributed by atoms with E-state index in [-0.39, 0.29) is 18.8 Å². The molecule has 0 rings (SSSR count). The molecule has 0 amide bonds. The van der Waals surface area contributed by atoms with Gasteiger partial charge in [0, 0.05) is 27.1 Å². The molecule has 0 aliphatic carbocycles. The molecule has 0 heterocycles. The molecule has 0 aliphatic rings. The summed E-state index contributed by atoms with van der Waals surface area (Å²) in [7, 11) is 3.66. The van der Waals surface area contributed by atoms with Crippen molar-refractivity contribution in [3.05, 3.63) is 23.9 Å². The second-order valence-electron chi connectivity index (χ2n) is 3.21. The van der Waals surface area contributed by atoms with Gasteiger partial charge < -0.3 is 14.7 Å². The molecule has 0 unspecified atom stereocenters. The molecule has 0 atom stereocenters. The first-order chi connectivity index (χ1) is 7.61. The third kappa shape index (κ3) is 6.62. The molecule has 0 radical (unpaired) electrons. The average molecular weight is 224 g/mol. The molecule has 1 N–H and O–H groups in total. The molecule has 0 spiro atoms. The summed E-state index contributed by atoms with van der Waals surface area (Å²) in [5, 5.41) is 17.2. The van der Waals surface area contributed by atoms with E-state index in [2.05, 4.69) is 0 Å². The van der Waals surface area contributed by atoms with Crippen LogP contribution < -0.4 is 0 Å². The van der Waals surface area contributed by atoms with Gasteiger partial charge in [-0.2, -0.15) is 5.26 Å². The van der Waals surface area contributed by atoms with Crippen molar-refractivity contribution in [1.29, 1.82) is 5.26 Å². The van der Waals surface area contributed by atoms with Gasteiger partial charge in [-0.15, -0.1) is 0 Å². The van der Waals surface area contributed by atoms with Gasteiger partial charge >= 0.3 is 5.97 Å². The van der Waals surface area contributed by atoms with E-state index in [0.29, 0.717) is 6.42 Å². The molecule has 0 saturated carbocycles. The number of ether oxygens (including phenoxy) is 1. The second-order valence-corrected chi connectivity index (χ2v) is 3.21. The Bertz CT molecular complexity index is 314. The van der Waals surface area contributed by atoms with Crippen LogP contribution in [-0.4, -0.2) is 43.3 Å². The molecule has 0 bridgehead atoms. The first-order valence-electron chi connectivity index (χ1n) is 4.84. The van der Waals surface area contributed by atoms with Crippen LogP contribution in [0.4, 0.5) is 0 Å². The molecule has 0 aromatic rings. The Balaban J connectivity index is 4.27. The summed E-state index contributed by atoms with van der Waals surface area (Å²) >= 11 is 0. The average Bonchev–Trinajstić information content (AvgIpc) is 2.24. The lowest BCUT2D eigenvalue weighted by molar-refractivity contribution is -0.138. The van der Waals surface area contributed by atoms with Gasteiger partial charge in [-0.25, -0.2) is 4.79 Å². The second kappa shape index (κ2) is 8.50. The zero-order chi connectivity index (χ0) is 12.4. The van der Waals surface area contributed by atoms with Gasteiger partial charge in [-0.1, -0.05) is 0 Å². The lowest BCUT2D eigenvalue weighted by Gasteiger charge is -2.02. The number of hydrogen-bond donors (Lipinski definition) is 1. The van der Waals surface area contributed by atoms with Gasteiger partial charge in [-0.05, 0) is 18.4 Å². The summed E-state index contributed by atoms with van der Waals surface area (Å²) in [6.45, 7) is 0.0746. The largest absolute Gasteiger partial charge is 0.461 e. The Kier molecular flexibility index (Phi) is 7.55. The number of aliphatic hydroxyl groups is 1. The lowest BCUT2D eigenvalue weighted by atomic mass is 10.3. The summed E-state index contributed by atoms with van der Waals surface area (Å²) in [6.07, 6.45) is 5.06. The van der Waals surface area contributed by atoms with Crippen LogP contribution in [0.15, 0.2) is 23.9 Å². The zero-order valence-electron chi connectivity index (χ0n) is 9.51. The van der Waals surface area contributed by atoms with Crippen molar-refractivity contribution in [2.75, 3.05) is 27.3 Å². The SMILES string of the molecule is CN(C)/C=C/C=C(/C#N)C(=O)OCCCO. The number of nitriles is 1. The minimum Gasteiger partial charge on any atom is -0.461 e. The number of rotatable bonds is 6. The van der Waals surface area contributed by atoms with Gasteiger partial charge in [0.15, 0.2) is 0 Å². The fourth-order valence-corrected chi connectivity index (χ4v) is 0.770. The Hall–Kier alpha value is -1.80. The van der Waals surface area contributed by atoms with Crippen LogP contribution in [0.2, 0.25) is 0 Å². The van der Waals surface area contributed by atoms with Crippen LogP contribution in [-0.2, 0) is 9.53 Å². The summed E-state index contributed by atoms with van der Waals surface area (Å²) in [6, 6.07) is 1.76. The van der Waals surface area contributed by atoms with Crippen molar-refractivity contribution in [3.63, 3.8) is 0 Å². The molecule has 5 nitrogen and oxygen atoms in total. The third-order valence-corrected chi connectivity index (χ3v) is 1.52. The molecule has 88 valence electrons. The number of nitrogens with zero attached hydrogens (tertiary/aromatic N) is 2. The summed E-state index contributed by atoms with van der Waals surface area (Å²) in [5.41, 5.74) is -0.0592. The lowest BCUT2D eigenvalue weighted by Crippen LogP contribution is -2.08. The number of carbonyl (C=O) groups is 1. The Labute approximate surface area is 95.2 Å². The first kappa shape index (κ1) is 14.2. The van der Waals surface area contributed by atoms with Gasteiger partial charge in [0.1, 0.15) is 11.6 Å². The molecule has 0 aromatic heterocycles. The van der Waals surface area contributed by atoms with E-state index < -0.39 is 5.97 Å². The van der Waals surface area contributed by atoms with E-state index >= 15 is 0 Å². The number of esters is 1. The minimum atomic E-state index is -0.667. The van der Waals surface area contributed by atoms with Crippen molar-refractivity contribution in [2.45, 2.75) is 6.42 Å². The summed E-state index contributed by atoms with van der Waals surface area (Å²) in [4.78, 5) is 13.1. The van der Waals surface area contributed by atoms with Gasteiger partial charge in [-0.3, -0.25) is 0 Å². The maximum Gasteiger partial charge on any atom is 0.348 e. The highest BCUT2D eigenvalue weighted by Crippen LogP contribution is 1.98. The highest BCUT2D eigenvalue weighted by atomic mass is 16.5. The fourth-order valence-electron chi connectivity index (χ4n) is 0.770. The molecule has 0 fully saturated rings. The van der Waals surface area contributed by atoms with Gasteiger partial charge in [0.25, 0.3) is 0 Å². The molecule has 0 aromatic carbocycles. The molecule has 5 heteroatoms. The normalized spacial score (nSPS) is 11.2. The van der Waals surface area contributed by atoms with Gasteiger partial charge in [0.2, 0.25) is 0 Å². The Morgan fingerprint density at radius 1 is 1.56 bits per heavy atom. The monoisotopic (exact) mass is 224 g/mol. The van der Waals surface area contributed by atoms with Crippen LogP contribution >= 0.6 is 0 Å². The molecule has 0 saturated heterocycles. The van der Waals surface area contributed by atoms with Crippen molar-refractivity contribution in [2.24, 2.45) is 0 Å². The molecule has 0 aliphatic heterocycles. The summed E-state index contributed by atoms with van der Waals surface area (Å²) < 4.78 is 4.76. The first-order valence-corrected chi connectivity index (χ1v) is 4.84. The van der Waals surface area contributed by atoms with Crippen molar-refractivity contribution in [3.8, 4) is 6.07 Å². The van der Waals surface area contributed by atoms with E-state index in [9.17, 15) is 4.79 Å². The van der Waals surface area contributed by atoms with E-state index in [0.717, 1.165) is 0 Å². The van der Waals surface area contributed by atoms with Crippen LogP contribution in [0.1, 0.15) is 6.42 Å². The molecule has 16 heavy (non-hydrogen) atoms. The molecular weight excluding hydrogens is 208 g/mol. The zero-order valence-corrected chi connectivity index (χ0v) is 9.51. The maximum absolute atomic E-state index is 11.3. The van der Waals surface area contributed by atoms with E-state index in [1.807, 2.05) is 14.1 Å². The Morgan fingerprint density at radius 3 is 2.75 bits per heavy atom. The quantitative estimate of drug-likeness (QED) is 0.233. The van der Waals surface area contributed by atoms with Crippen molar-refractivity contribution < 1.29 is 14.6 Å².